The topological polar surface area (TPSA) is 24.4 Å². The molecule has 0 amide bonds. The summed E-state index contributed by atoms with van der Waals surface area (Å²) >= 11 is 6.09. The predicted molar refractivity (Wildman–Crippen MR) is 66.6 cm³/mol. The predicted octanol–water partition coefficient (Wildman–Crippen LogP) is 3.78. The molecule has 80 valence electrons. The minimum absolute atomic E-state index is 0.168. The molecular weight excluding hydrogens is 208 g/mol. The van der Waals surface area contributed by atoms with Gasteiger partial charge in [-0.25, -0.2) is 4.99 Å². The molecule has 0 bridgehead atoms. The number of benzene rings is 1. The molecular formula is C12H15ClN2. The van der Waals surface area contributed by atoms with Gasteiger partial charge in [-0.05, 0) is 43.5 Å². The molecule has 1 atom stereocenters. The van der Waals surface area contributed by atoms with Crippen molar-refractivity contribution in [2.24, 2.45) is 4.99 Å². The van der Waals surface area contributed by atoms with E-state index >= 15 is 0 Å². The van der Waals surface area contributed by atoms with Gasteiger partial charge in [-0.15, -0.1) is 0 Å². The maximum atomic E-state index is 6.09. The number of fused-ring (bicyclic) bond motifs is 1. The first kappa shape index (κ1) is 10.5. The molecule has 0 fully saturated rings. The summed E-state index contributed by atoms with van der Waals surface area (Å²) in [4.78, 5) is 4.42. The number of hydrogen-bond donors (Lipinski definition) is 1. The summed E-state index contributed by atoms with van der Waals surface area (Å²) in [5, 5.41) is 4.06. The average molecular weight is 223 g/mol. The molecule has 1 heterocycles. The van der Waals surface area contributed by atoms with Gasteiger partial charge in [0.25, 0.3) is 0 Å². The van der Waals surface area contributed by atoms with Crippen LogP contribution in [-0.2, 0) is 0 Å². The fourth-order valence-electron chi connectivity index (χ4n) is 1.72. The van der Waals surface area contributed by atoms with Crippen molar-refractivity contribution < 1.29 is 0 Å². The summed E-state index contributed by atoms with van der Waals surface area (Å²) in [5.41, 5.74) is 4.57. The Hall–Kier alpha value is -1.02. The number of aliphatic imine (C=N–C) groups is 1. The number of anilines is 1. The van der Waals surface area contributed by atoms with Gasteiger partial charge >= 0.3 is 0 Å². The van der Waals surface area contributed by atoms with Gasteiger partial charge in [0.1, 0.15) is 5.17 Å². The Morgan fingerprint density at radius 1 is 1.33 bits per heavy atom. The lowest BCUT2D eigenvalue weighted by Crippen LogP contribution is -2.27. The SMILES string of the molecule is CCC1Nc2cc(C)c(C)cc2N=C1Cl. The molecule has 2 rings (SSSR count). The zero-order valence-electron chi connectivity index (χ0n) is 9.26. The van der Waals surface area contributed by atoms with Crippen LogP contribution >= 0.6 is 11.6 Å². The largest absolute Gasteiger partial charge is 0.374 e. The molecule has 1 unspecified atom stereocenters. The van der Waals surface area contributed by atoms with E-state index < -0.39 is 0 Å². The molecule has 0 aliphatic carbocycles. The summed E-state index contributed by atoms with van der Waals surface area (Å²) in [6.07, 6.45) is 0.953. The zero-order chi connectivity index (χ0) is 11.0. The first-order valence-electron chi connectivity index (χ1n) is 5.23. The summed E-state index contributed by atoms with van der Waals surface area (Å²) in [5.74, 6) is 0. The molecule has 0 radical (unpaired) electrons. The van der Waals surface area contributed by atoms with E-state index in [-0.39, 0.29) is 6.04 Å². The Bertz CT molecular complexity index is 424. The Kier molecular flexibility index (Phi) is 2.70. The minimum Gasteiger partial charge on any atom is -0.374 e. The van der Waals surface area contributed by atoms with Crippen LogP contribution in [0.2, 0.25) is 0 Å². The molecule has 1 N–H and O–H groups in total. The number of halogens is 1. The average Bonchev–Trinajstić information content (AvgIpc) is 2.20. The Labute approximate surface area is 95.4 Å². The highest BCUT2D eigenvalue weighted by Crippen LogP contribution is 2.33. The molecule has 1 aliphatic heterocycles. The van der Waals surface area contributed by atoms with Crippen molar-refractivity contribution in [3.8, 4) is 0 Å². The van der Waals surface area contributed by atoms with Crippen LogP contribution in [0, 0.1) is 13.8 Å². The summed E-state index contributed by atoms with van der Waals surface area (Å²) < 4.78 is 0. The van der Waals surface area contributed by atoms with Gasteiger partial charge in [-0.2, -0.15) is 0 Å². The smallest absolute Gasteiger partial charge is 0.129 e. The maximum Gasteiger partial charge on any atom is 0.129 e. The van der Waals surface area contributed by atoms with Gasteiger partial charge in [0.2, 0.25) is 0 Å². The van der Waals surface area contributed by atoms with Crippen molar-refractivity contribution in [1.82, 2.24) is 0 Å². The number of nitrogens with one attached hydrogen (secondary N) is 1. The van der Waals surface area contributed by atoms with Crippen LogP contribution in [0.1, 0.15) is 24.5 Å². The second-order valence-electron chi connectivity index (χ2n) is 3.99. The first-order chi connectivity index (χ1) is 7.11. The van der Waals surface area contributed by atoms with Gasteiger partial charge in [0.05, 0.1) is 17.4 Å². The van der Waals surface area contributed by atoms with E-state index in [2.05, 4.69) is 43.2 Å². The lowest BCUT2D eigenvalue weighted by atomic mass is 10.1. The van der Waals surface area contributed by atoms with Gasteiger partial charge < -0.3 is 5.32 Å². The number of hydrogen-bond acceptors (Lipinski definition) is 2. The molecule has 1 aromatic rings. The molecule has 1 aliphatic rings. The van der Waals surface area contributed by atoms with Crippen LogP contribution < -0.4 is 5.32 Å². The second-order valence-corrected chi connectivity index (χ2v) is 4.38. The van der Waals surface area contributed by atoms with E-state index in [0.29, 0.717) is 5.17 Å². The van der Waals surface area contributed by atoms with Gasteiger partial charge in [0.15, 0.2) is 0 Å². The van der Waals surface area contributed by atoms with Crippen LogP contribution in [-0.4, -0.2) is 11.2 Å². The highest BCUT2D eigenvalue weighted by atomic mass is 35.5. The number of nitrogens with zero attached hydrogens (tertiary/aromatic N) is 1. The van der Waals surface area contributed by atoms with Crippen LogP contribution in [0.15, 0.2) is 17.1 Å². The maximum absolute atomic E-state index is 6.09. The van der Waals surface area contributed by atoms with Crippen LogP contribution in [0.5, 0.6) is 0 Å². The molecule has 0 saturated carbocycles. The molecule has 0 aromatic heterocycles. The summed E-state index contributed by atoms with van der Waals surface area (Å²) in [6.45, 7) is 6.30. The molecule has 0 saturated heterocycles. The number of aryl methyl sites for hydroxylation is 2. The first-order valence-corrected chi connectivity index (χ1v) is 5.61. The quantitative estimate of drug-likeness (QED) is 0.769. The Morgan fingerprint density at radius 2 is 2.00 bits per heavy atom. The van der Waals surface area contributed by atoms with Crippen molar-refractivity contribution in [3.05, 3.63) is 23.3 Å². The van der Waals surface area contributed by atoms with Crippen LogP contribution in [0.3, 0.4) is 0 Å². The number of rotatable bonds is 1. The van der Waals surface area contributed by atoms with Crippen molar-refractivity contribution in [3.63, 3.8) is 0 Å². The summed E-state index contributed by atoms with van der Waals surface area (Å²) in [7, 11) is 0. The Balaban J connectivity index is 2.48. The molecule has 15 heavy (non-hydrogen) atoms. The van der Waals surface area contributed by atoms with Crippen LogP contribution in [0.25, 0.3) is 0 Å². The standard InChI is InChI=1S/C12H15ClN2/c1-4-9-12(13)15-11-6-8(3)7(2)5-10(11)14-9/h5-6,9,14H,4H2,1-3H3. The van der Waals surface area contributed by atoms with Gasteiger partial charge in [0, 0.05) is 0 Å². The van der Waals surface area contributed by atoms with Crippen molar-refractivity contribution >= 4 is 28.1 Å². The lowest BCUT2D eigenvalue weighted by Gasteiger charge is -2.23. The van der Waals surface area contributed by atoms with E-state index in [9.17, 15) is 0 Å². The zero-order valence-corrected chi connectivity index (χ0v) is 10.0. The van der Waals surface area contributed by atoms with Gasteiger partial charge in [-0.3, -0.25) is 0 Å². The van der Waals surface area contributed by atoms with Crippen molar-refractivity contribution in [1.29, 1.82) is 0 Å². The van der Waals surface area contributed by atoms with E-state index in [1.54, 1.807) is 0 Å². The molecule has 1 aromatic carbocycles. The third-order valence-corrected chi connectivity index (χ3v) is 3.21. The lowest BCUT2D eigenvalue weighted by molar-refractivity contribution is 0.871. The molecule has 3 heteroatoms. The fourth-order valence-corrected chi connectivity index (χ4v) is 2.02. The monoisotopic (exact) mass is 222 g/mol. The molecule has 0 spiro atoms. The van der Waals surface area contributed by atoms with Crippen molar-refractivity contribution in [2.45, 2.75) is 33.2 Å². The second kappa shape index (κ2) is 3.86. The Morgan fingerprint density at radius 3 is 2.67 bits per heavy atom. The third-order valence-electron chi connectivity index (χ3n) is 2.86. The van der Waals surface area contributed by atoms with E-state index in [0.717, 1.165) is 17.8 Å². The highest BCUT2D eigenvalue weighted by Gasteiger charge is 2.19. The van der Waals surface area contributed by atoms with Crippen LogP contribution in [0.4, 0.5) is 11.4 Å². The van der Waals surface area contributed by atoms with Crippen molar-refractivity contribution in [2.75, 3.05) is 5.32 Å². The normalized spacial score (nSPS) is 19.2. The molecule has 2 nitrogen and oxygen atoms in total. The van der Waals surface area contributed by atoms with E-state index in [4.69, 9.17) is 11.6 Å². The summed E-state index contributed by atoms with van der Waals surface area (Å²) in [6, 6.07) is 4.38. The van der Waals surface area contributed by atoms with Gasteiger partial charge in [-0.1, -0.05) is 18.5 Å². The fraction of sp³-hybridized carbons (Fsp3) is 0.417. The third kappa shape index (κ3) is 1.86. The van der Waals surface area contributed by atoms with E-state index in [1.807, 2.05) is 0 Å². The van der Waals surface area contributed by atoms with E-state index in [1.165, 1.54) is 11.1 Å². The highest BCUT2D eigenvalue weighted by molar-refractivity contribution is 6.67. The minimum atomic E-state index is 0.168.